The predicted octanol–water partition coefficient (Wildman–Crippen LogP) is 4.59. The van der Waals surface area contributed by atoms with E-state index < -0.39 is 0 Å². The van der Waals surface area contributed by atoms with Crippen molar-refractivity contribution in [2.45, 2.75) is 31.8 Å². The van der Waals surface area contributed by atoms with E-state index >= 15 is 0 Å². The maximum absolute atomic E-state index is 11.9. The summed E-state index contributed by atoms with van der Waals surface area (Å²) in [6.07, 6.45) is 1.30. The lowest BCUT2D eigenvalue weighted by molar-refractivity contribution is -0.121. The van der Waals surface area contributed by atoms with Gasteiger partial charge in [-0.2, -0.15) is 0 Å². The minimum Gasteiger partial charge on any atom is -0.497 e. The third kappa shape index (κ3) is 5.86. The molecule has 0 saturated carbocycles. The smallest absolute Gasteiger partial charge is 0.220 e. The van der Waals surface area contributed by atoms with Gasteiger partial charge in [0.2, 0.25) is 5.91 Å². The monoisotopic (exact) mass is 424 g/mol. The largest absolute Gasteiger partial charge is 0.497 e. The maximum Gasteiger partial charge on any atom is 0.220 e. The molecule has 0 aliphatic rings. The molecule has 1 aromatic heterocycles. The number of thioether (sulfide) groups is 1. The molecule has 0 radical (unpaired) electrons. The third-order valence-corrected chi connectivity index (χ3v) is 5.50. The third-order valence-electron chi connectivity index (χ3n) is 4.48. The number of carbonyl (C=O) groups is 1. The predicted molar refractivity (Wildman–Crippen MR) is 121 cm³/mol. The van der Waals surface area contributed by atoms with Crippen LogP contribution in [0.25, 0.3) is 17.1 Å². The first-order chi connectivity index (χ1) is 14.6. The van der Waals surface area contributed by atoms with Crippen molar-refractivity contribution < 1.29 is 9.53 Å². The molecule has 3 rings (SSSR count). The molecule has 158 valence electrons. The van der Waals surface area contributed by atoms with Gasteiger partial charge in [0.25, 0.3) is 0 Å². The molecular formula is C23H28N4O2S. The van der Waals surface area contributed by atoms with E-state index in [4.69, 9.17) is 4.74 Å². The molecule has 3 aromatic rings. The molecule has 0 aliphatic carbocycles. The van der Waals surface area contributed by atoms with Crippen molar-refractivity contribution in [3.63, 3.8) is 0 Å². The minimum atomic E-state index is 0.103. The van der Waals surface area contributed by atoms with Gasteiger partial charge in [-0.25, -0.2) is 0 Å². The summed E-state index contributed by atoms with van der Waals surface area (Å²) in [5, 5.41) is 12.6. The van der Waals surface area contributed by atoms with Gasteiger partial charge < -0.3 is 10.1 Å². The Labute approximate surface area is 182 Å². The number of nitrogens with one attached hydrogen (secondary N) is 1. The van der Waals surface area contributed by atoms with Gasteiger partial charge in [0.05, 0.1) is 7.11 Å². The number of hydrogen-bond acceptors (Lipinski definition) is 5. The minimum absolute atomic E-state index is 0.103. The number of amides is 1. The first kappa shape index (κ1) is 21.9. The van der Waals surface area contributed by atoms with Crippen LogP contribution in [-0.2, 0) is 4.79 Å². The zero-order valence-electron chi connectivity index (χ0n) is 17.7. The van der Waals surface area contributed by atoms with Crippen LogP contribution in [-0.4, -0.2) is 40.1 Å². The summed E-state index contributed by atoms with van der Waals surface area (Å²) >= 11 is 1.61. The molecule has 0 aliphatic heterocycles. The van der Waals surface area contributed by atoms with Crippen LogP contribution in [0.1, 0.15) is 26.7 Å². The number of nitrogens with zero attached hydrogens (tertiary/aromatic N) is 3. The highest BCUT2D eigenvalue weighted by molar-refractivity contribution is 7.99. The Morgan fingerprint density at radius 3 is 2.50 bits per heavy atom. The van der Waals surface area contributed by atoms with E-state index in [2.05, 4.69) is 33.9 Å². The van der Waals surface area contributed by atoms with Gasteiger partial charge >= 0.3 is 0 Å². The molecule has 7 heteroatoms. The fourth-order valence-corrected chi connectivity index (χ4v) is 3.79. The van der Waals surface area contributed by atoms with E-state index in [1.54, 1.807) is 18.9 Å². The summed E-state index contributed by atoms with van der Waals surface area (Å²) in [7, 11) is 1.65. The zero-order valence-corrected chi connectivity index (χ0v) is 18.5. The molecule has 0 fully saturated rings. The Kier molecular flexibility index (Phi) is 7.90. The molecular weight excluding hydrogens is 396 g/mol. The second-order valence-corrected chi connectivity index (χ2v) is 8.42. The molecule has 0 spiro atoms. The standard InChI is InChI=1S/C23H28N4O2S/c1-17(2)16-24-21(28)10-7-15-30-23-26-25-22(18-8-5-4-6-9-18)27(23)19-11-13-20(29-3)14-12-19/h4-6,8-9,11-14,17H,7,10,15-16H2,1-3H3,(H,24,28). The average Bonchev–Trinajstić information content (AvgIpc) is 3.20. The number of methoxy groups -OCH3 is 1. The number of carbonyl (C=O) groups excluding carboxylic acids is 1. The van der Waals surface area contributed by atoms with Crippen LogP contribution in [0.15, 0.2) is 59.8 Å². The van der Waals surface area contributed by atoms with Crippen molar-refractivity contribution in [2.24, 2.45) is 5.92 Å². The van der Waals surface area contributed by atoms with Crippen LogP contribution in [0, 0.1) is 5.92 Å². The average molecular weight is 425 g/mol. The molecule has 0 atom stereocenters. The number of rotatable bonds is 10. The first-order valence-corrected chi connectivity index (χ1v) is 11.1. The van der Waals surface area contributed by atoms with Gasteiger partial charge in [-0.15, -0.1) is 10.2 Å². The fraction of sp³-hybridized carbons (Fsp3) is 0.348. The molecule has 2 aromatic carbocycles. The summed E-state index contributed by atoms with van der Waals surface area (Å²) in [6.45, 7) is 4.90. The highest BCUT2D eigenvalue weighted by Crippen LogP contribution is 2.29. The molecule has 1 heterocycles. The SMILES string of the molecule is COc1ccc(-n2c(SCCCC(=O)NCC(C)C)nnc2-c2ccccc2)cc1. The lowest BCUT2D eigenvalue weighted by Gasteiger charge is -2.11. The maximum atomic E-state index is 11.9. The highest BCUT2D eigenvalue weighted by Gasteiger charge is 2.16. The van der Waals surface area contributed by atoms with E-state index in [9.17, 15) is 4.79 Å². The first-order valence-electron chi connectivity index (χ1n) is 10.1. The van der Waals surface area contributed by atoms with Crippen molar-refractivity contribution in [1.29, 1.82) is 0 Å². The van der Waals surface area contributed by atoms with Crippen LogP contribution < -0.4 is 10.1 Å². The van der Waals surface area contributed by atoms with Crippen molar-refractivity contribution in [3.8, 4) is 22.8 Å². The Balaban J connectivity index is 1.74. The van der Waals surface area contributed by atoms with Crippen LogP contribution >= 0.6 is 11.8 Å². The topological polar surface area (TPSA) is 69.0 Å². The van der Waals surface area contributed by atoms with Crippen molar-refractivity contribution in [2.75, 3.05) is 19.4 Å². The second kappa shape index (κ2) is 10.8. The number of ether oxygens (including phenoxy) is 1. The number of hydrogen-bond donors (Lipinski definition) is 1. The van der Waals surface area contributed by atoms with E-state index in [-0.39, 0.29) is 5.91 Å². The van der Waals surface area contributed by atoms with Gasteiger partial charge in [0.15, 0.2) is 11.0 Å². The van der Waals surface area contributed by atoms with Gasteiger partial charge in [0.1, 0.15) is 5.75 Å². The van der Waals surface area contributed by atoms with Gasteiger partial charge in [-0.1, -0.05) is 55.9 Å². The fourth-order valence-electron chi connectivity index (χ4n) is 2.90. The summed E-state index contributed by atoms with van der Waals surface area (Å²) in [5.74, 6) is 2.94. The second-order valence-electron chi connectivity index (χ2n) is 7.36. The van der Waals surface area contributed by atoms with Gasteiger partial charge in [0, 0.05) is 30.0 Å². The number of aromatic nitrogens is 3. The molecule has 1 N–H and O–H groups in total. The lowest BCUT2D eigenvalue weighted by Crippen LogP contribution is -2.27. The molecule has 0 saturated heterocycles. The van der Waals surface area contributed by atoms with Crippen LogP contribution in [0.4, 0.5) is 0 Å². The van der Waals surface area contributed by atoms with E-state index in [0.29, 0.717) is 12.3 Å². The Bertz CT molecular complexity index is 940. The molecule has 0 bridgehead atoms. The van der Waals surface area contributed by atoms with Gasteiger partial charge in [-0.05, 0) is 36.6 Å². The molecule has 1 amide bonds. The molecule has 6 nitrogen and oxygen atoms in total. The summed E-state index contributed by atoms with van der Waals surface area (Å²) in [5.41, 5.74) is 1.97. The van der Waals surface area contributed by atoms with Crippen molar-refractivity contribution in [3.05, 3.63) is 54.6 Å². The Morgan fingerprint density at radius 2 is 1.83 bits per heavy atom. The van der Waals surface area contributed by atoms with E-state index in [1.165, 1.54) is 0 Å². The highest BCUT2D eigenvalue weighted by atomic mass is 32.2. The molecule has 30 heavy (non-hydrogen) atoms. The van der Waals surface area contributed by atoms with Crippen molar-refractivity contribution >= 4 is 17.7 Å². The van der Waals surface area contributed by atoms with Crippen LogP contribution in [0.3, 0.4) is 0 Å². The van der Waals surface area contributed by atoms with Crippen LogP contribution in [0.5, 0.6) is 5.75 Å². The zero-order chi connectivity index (χ0) is 21.3. The normalized spacial score (nSPS) is 10.9. The summed E-state index contributed by atoms with van der Waals surface area (Å²) in [4.78, 5) is 11.9. The van der Waals surface area contributed by atoms with E-state index in [0.717, 1.165) is 46.7 Å². The van der Waals surface area contributed by atoms with Gasteiger partial charge in [-0.3, -0.25) is 9.36 Å². The number of benzene rings is 2. The summed E-state index contributed by atoms with van der Waals surface area (Å²) < 4.78 is 7.34. The quantitative estimate of drug-likeness (QED) is 0.381. The Hall–Kier alpha value is -2.80. The van der Waals surface area contributed by atoms with Crippen molar-refractivity contribution in [1.82, 2.24) is 20.1 Å². The summed E-state index contributed by atoms with van der Waals surface area (Å²) in [6, 6.07) is 17.9. The Morgan fingerprint density at radius 1 is 1.10 bits per heavy atom. The van der Waals surface area contributed by atoms with E-state index in [1.807, 2.05) is 54.6 Å². The lowest BCUT2D eigenvalue weighted by atomic mass is 10.2. The van der Waals surface area contributed by atoms with Crippen LogP contribution in [0.2, 0.25) is 0 Å². The molecule has 0 unspecified atom stereocenters.